The Morgan fingerprint density at radius 3 is 2.05 bits per heavy atom. The molecule has 104 valence electrons. The zero-order valence-corrected chi connectivity index (χ0v) is 13.0. The van der Waals surface area contributed by atoms with Crippen molar-refractivity contribution in [2.75, 3.05) is 0 Å². The number of rotatable bonds is 0. The van der Waals surface area contributed by atoms with Gasteiger partial charge in [-0.05, 0) is 66.4 Å². The molecule has 4 aromatic rings. The highest BCUT2D eigenvalue weighted by Crippen LogP contribution is 2.36. The number of benzene rings is 3. The fraction of sp³-hybridized carbons (Fsp3) is 0.200. The number of fused-ring (bicyclic) bond motifs is 5. The minimum atomic E-state index is 1.32. The average Bonchev–Trinajstić information content (AvgIpc) is 2.73. The summed E-state index contributed by atoms with van der Waals surface area (Å²) in [6.07, 6.45) is 0. The van der Waals surface area contributed by atoms with Crippen molar-refractivity contribution in [3.63, 3.8) is 0 Å². The van der Waals surface area contributed by atoms with Gasteiger partial charge in [0.1, 0.15) is 0 Å². The summed E-state index contributed by atoms with van der Waals surface area (Å²) in [5.41, 5.74) is 6.71. The summed E-state index contributed by atoms with van der Waals surface area (Å²) in [6, 6.07) is 15.7. The van der Waals surface area contributed by atoms with E-state index in [0.717, 1.165) is 0 Å². The van der Waals surface area contributed by atoms with Crippen molar-refractivity contribution in [1.29, 1.82) is 0 Å². The molecule has 0 saturated heterocycles. The van der Waals surface area contributed by atoms with Gasteiger partial charge in [0, 0.05) is 28.9 Å². The van der Waals surface area contributed by atoms with Gasteiger partial charge in [-0.25, -0.2) is 0 Å². The Hall–Kier alpha value is -2.28. The number of hydrogen-bond acceptors (Lipinski definition) is 0. The lowest BCUT2D eigenvalue weighted by atomic mass is 9.98. The molecule has 1 nitrogen and oxygen atoms in total. The van der Waals surface area contributed by atoms with Gasteiger partial charge in [-0.2, -0.15) is 0 Å². The lowest BCUT2D eigenvalue weighted by Crippen LogP contribution is -1.89. The highest BCUT2D eigenvalue weighted by atomic mass is 14.9. The van der Waals surface area contributed by atoms with Crippen LogP contribution in [0.3, 0.4) is 0 Å². The van der Waals surface area contributed by atoms with Crippen molar-refractivity contribution in [2.24, 2.45) is 7.05 Å². The largest absolute Gasteiger partial charge is 0.344 e. The van der Waals surface area contributed by atoms with Gasteiger partial charge in [-0.3, -0.25) is 0 Å². The number of aromatic nitrogens is 1. The van der Waals surface area contributed by atoms with Gasteiger partial charge in [0.05, 0.1) is 0 Å². The summed E-state index contributed by atoms with van der Waals surface area (Å²) in [5.74, 6) is 0. The van der Waals surface area contributed by atoms with E-state index in [1.165, 1.54) is 49.3 Å². The number of aryl methyl sites for hydroxylation is 4. The van der Waals surface area contributed by atoms with Crippen molar-refractivity contribution in [2.45, 2.75) is 20.8 Å². The maximum atomic E-state index is 2.34. The molecule has 0 unspecified atom stereocenters. The molecule has 0 aliphatic carbocycles. The normalized spacial score (nSPS) is 11.8. The van der Waals surface area contributed by atoms with Crippen molar-refractivity contribution < 1.29 is 0 Å². The third-order valence-electron chi connectivity index (χ3n) is 4.83. The molecule has 4 rings (SSSR count). The summed E-state index contributed by atoms with van der Waals surface area (Å²) >= 11 is 0. The molecular formula is C20H19N. The fourth-order valence-electron chi connectivity index (χ4n) is 3.49. The molecule has 0 radical (unpaired) electrons. The number of hydrogen-bond donors (Lipinski definition) is 0. The van der Waals surface area contributed by atoms with Crippen molar-refractivity contribution in [3.8, 4) is 0 Å². The maximum Gasteiger partial charge on any atom is 0.0497 e. The third kappa shape index (κ3) is 1.58. The summed E-state index contributed by atoms with van der Waals surface area (Å²) in [6.45, 7) is 6.59. The van der Waals surface area contributed by atoms with E-state index in [9.17, 15) is 0 Å². The van der Waals surface area contributed by atoms with Crippen LogP contribution in [0.1, 0.15) is 16.7 Å². The Morgan fingerprint density at radius 1 is 0.667 bits per heavy atom. The molecule has 0 saturated carbocycles. The molecule has 0 fully saturated rings. The molecular weight excluding hydrogens is 254 g/mol. The Balaban J connectivity index is 2.38. The first-order valence-electron chi connectivity index (χ1n) is 7.45. The molecule has 0 spiro atoms. The van der Waals surface area contributed by atoms with E-state index in [1.807, 2.05) is 0 Å². The van der Waals surface area contributed by atoms with E-state index in [1.54, 1.807) is 0 Å². The molecule has 0 aliphatic rings. The summed E-state index contributed by atoms with van der Waals surface area (Å²) in [7, 11) is 2.17. The van der Waals surface area contributed by atoms with E-state index >= 15 is 0 Å². The summed E-state index contributed by atoms with van der Waals surface area (Å²) in [5, 5.41) is 5.47. The molecule has 1 heterocycles. The van der Waals surface area contributed by atoms with Crippen LogP contribution in [0, 0.1) is 20.8 Å². The smallest absolute Gasteiger partial charge is 0.0497 e. The van der Waals surface area contributed by atoms with Crippen LogP contribution in [-0.2, 0) is 7.05 Å². The molecule has 0 aliphatic heterocycles. The molecule has 21 heavy (non-hydrogen) atoms. The topological polar surface area (TPSA) is 4.93 Å². The van der Waals surface area contributed by atoms with Crippen LogP contribution in [0.15, 0.2) is 42.5 Å². The van der Waals surface area contributed by atoms with Crippen LogP contribution >= 0.6 is 0 Å². The second-order valence-electron chi connectivity index (χ2n) is 6.15. The van der Waals surface area contributed by atoms with Gasteiger partial charge >= 0.3 is 0 Å². The van der Waals surface area contributed by atoms with Crippen LogP contribution in [0.25, 0.3) is 32.6 Å². The van der Waals surface area contributed by atoms with Crippen LogP contribution in [-0.4, -0.2) is 4.57 Å². The summed E-state index contributed by atoms with van der Waals surface area (Å²) in [4.78, 5) is 0. The fourth-order valence-corrected chi connectivity index (χ4v) is 3.49. The van der Waals surface area contributed by atoms with Gasteiger partial charge < -0.3 is 4.57 Å². The zero-order valence-electron chi connectivity index (χ0n) is 13.0. The SMILES string of the molecule is Cc1cc2c3c4ccccc4c(C)cc3n(C)c2cc1C. The molecule has 0 N–H and O–H groups in total. The average molecular weight is 273 g/mol. The van der Waals surface area contributed by atoms with E-state index in [4.69, 9.17) is 0 Å². The van der Waals surface area contributed by atoms with Crippen molar-refractivity contribution in [3.05, 3.63) is 59.2 Å². The van der Waals surface area contributed by atoms with E-state index < -0.39 is 0 Å². The quantitative estimate of drug-likeness (QED) is 0.403. The first kappa shape index (κ1) is 12.5. The van der Waals surface area contributed by atoms with Crippen molar-refractivity contribution >= 4 is 32.6 Å². The Morgan fingerprint density at radius 2 is 1.29 bits per heavy atom. The highest BCUT2D eigenvalue weighted by Gasteiger charge is 2.13. The second-order valence-corrected chi connectivity index (χ2v) is 6.15. The van der Waals surface area contributed by atoms with Crippen LogP contribution in [0.4, 0.5) is 0 Å². The van der Waals surface area contributed by atoms with Gasteiger partial charge in [0.25, 0.3) is 0 Å². The van der Waals surface area contributed by atoms with E-state index in [0.29, 0.717) is 0 Å². The van der Waals surface area contributed by atoms with Gasteiger partial charge in [0.2, 0.25) is 0 Å². The van der Waals surface area contributed by atoms with E-state index in [2.05, 4.69) is 74.9 Å². The monoisotopic (exact) mass is 273 g/mol. The van der Waals surface area contributed by atoms with Gasteiger partial charge in [-0.1, -0.05) is 24.3 Å². The standard InChI is InChI=1S/C20H19N/c1-12-9-17-18(10-13(12)2)21(4)19-11-14(3)15-7-5-6-8-16(15)20(17)19/h5-11H,1-4H3. The Bertz CT molecular complexity index is 1020. The first-order chi connectivity index (χ1) is 10.1. The third-order valence-corrected chi connectivity index (χ3v) is 4.83. The molecule has 0 bridgehead atoms. The maximum absolute atomic E-state index is 2.34. The number of nitrogens with zero attached hydrogens (tertiary/aromatic N) is 1. The lowest BCUT2D eigenvalue weighted by molar-refractivity contribution is 1.01. The predicted molar refractivity (Wildman–Crippen MR) is 92.1 cm³/mol. The second kappa shape index (κ2) is 4.11. The minimum absolute atomic E-state index is 1.32. The molecule has 1 heteroatoms. The van der Waals surface area contributed by atoms with Crippen LogP contribution in [0.2, 0.25) is 0 Å². The molecule has 3 aromatic carbocycles. The molecule has 1 aromatic heterocycles. The summed E-state index contributed by atoms with van der Waals surface area (Å²) < 4.78 is 2.33. The predicted octanol–water partition coefficient (Wildman–Crippen LogP) is 5.41. The lowest BCUT2D eigenvalue weighted by Gasteiger charge is -2.05. The molecule has 0 atom stereocenters. The van der Waals surface area contributed by atoms with E-state index in [-0.39, 0.29) is 0 Å². The van der Waals surface area contributed by atoms with Crippen molar-refractivity contribution in [1.82, 2.24) is 4.57 Å². The van der Waals surface area contributed by atoms with Crippen LogP contribution < -0.4 is 0 Å². The van der Waals surface area contributed by atoms with Gasteiger partial charge in [0.15, 0.2) is 0 Å². The van der Waals surface area contributed by atoms with Crippen LogP contribution in [0.5, 0.6) is 0 Å². The highest BCUT2D eigenvalue weighted by molar-refractivity contribution is 6.21. The first-order valence-corrected chi connectivity index (χ1v) is 7.45. The Labute approximate surface area is 124 Å². The molecule has 0 amide bonds. The van der Waals surface area contributed by atoms with Gasteiger partial charge in [-0.15, -0.1) is 0 Å². The minimum Gasteiger partial charge on any atom is -0.344 e. The zero-order chi connectivity index (χ0) is 14.7. The Kier molecular flexibility index (Phi) is 2.44.